The summed E-state index contributed by atoms with van der Waals surface area (Å²) in [5.74, 6) is -0.479. The second-order valence-corrected chi connectivity index (χ2v) is 6.20. The lowest BCUT2D eigenvalue weighted by atomic mass is 10.2. The first-order chi connectivity index (χ1) is 9.00. The minimum atomic E-state index is -3.64. The van der Waals surface area contributed by atoms with Gasteiger partial charge in [0.05, 0.1) is 0 Å². The second kappa shape index (κ2) is 5.72. The molecule has 0 unspecified atom stereocenters. The number of nitrogens with one attached hydrogen (secondary N) is 2. The number of hydrogen-bond acceptors (Lipinski definition) is 3. The SMILES string of the molecule is Cn1cccc1C(=O)NNS(=O)(=O)N1CCCCC1. The van der Waals surface area contributed by atoms with E-state index in [-0.39, 0.29) is 0 Å². The lowest BCUT2D eigenvalue weighted by molar-refractivity contribution is 0.0935. The number of carbonyl (C=O) groups excluding carboxylic acids is 1. The average Bonchev–Trinajstić information content (AvgIpc) is 2.83. The van der Waals surface area contributed by atoms with Crippen LogP contribution in [0.3, 0.4) is 0 Å². The second-order valence-electron chi connectivity index (χ2n) is 4.53. The van der Waals surface area contributed by atoms with Crippen molar-refractivity contribution in [1.82, 2.24) is 19.1 Å². The Kier molecular flexibility index (Phi) is 4.23. The molecule has 2 heterocycles. The van der Waals surface area contributed by atoms with Crippen LogP contribution >= 0.6 is 0 Å². The van der Waals surface area contributed by atoms with Crippen molar-refractivity contribution in [3.05, 3.63) is 24.0 Å². The highest BCUT2D eigenvalue weighted by Gasteiger charge is 2.24. The molecule has 0 bridgehead atoms. The van der Waals surface area contributed by atoms with E-state index in [4.69, 9.17) is 0 Å². The van der Waals surface area contributed by atoms with E-state index in [0.29, 0.717) is 18.8 Å². The van der Waals surface area contributed by atoms with Gasteiger partial charge in [-0.15, -0.1) is 4.83 Å². The monoisotopic (exact) mass is 286 g/mol. The molecule has 19 heavy (non-hydrogen) atoms. The van der Waals surface area contributed by atoms with Crippen LogP contribution in [0.15, 0.2) is 18.3 Å². The molecule has 0 saturated carbocycles. The quantitative estimate of drug-likeness (QED) is 0.764. The molecule has 1 aromatic rings. The summed E-state index contributed by atoms with van der Waals surface area (Å²) in [4.78, 5) is 13.9. The van der Waals surface area contributed by atoms with Gasteiger partial charge in [0.2, 0.25) is 0 Å². The maximum absolute atomic E-state index is 11.9. The molecule has 1 fully saturated rings. The fourth-order valence-electron chi connectivity index (χ4n) is 2.04. The third kappa shape index (κ3) is 3.34. The molecule has 0 spiro atoms. The van der Waals surface area contributed by atoms with Gasteiger partial charge in [-0.25, -0.2) is 0 Å². The fraction of sp³-hybridized carbons (Fsp3) is 0.545. The molecule has 1 saturated heterocycles. The number of carbonyl (C=O) groups is 1. The number of hydrazine groups is 1. The van der Waals surface area contributed by atoms with E-state index in [9.17, 15) is 13.2 Å². The summed E-state index contributed by atoms with van der Waals surface area (Å²) in [7, 11) is -1.92. The van der Waals surface area contributed by atoms with Crippen LogP contribution in [-0.2, 0) is 17.3 Å². The summed E-state index contributed by atoms with van der Waals surface area (Å²) in [6.07, 6.45) is 4.47. The Hall–Kier alpha value is -1.38. The largest absolute Gasteiger partial charge is 0.347 e. The third-order valence-corrected chi connectivity index (χ3v) is 4.53. The Bertz CT molecular complexity index is 546. The predicted octanol–water partition coefficient (Wildman–Crippen LogP) is -0.00980. The highest BCUT2D eigenvalue weighted by molar-refractivity contribution is 7.87. The summed E-state index contributed by atoms with van der Waals surface area (Å²) in [5.41, 5.74) is 2.61. The van der Waals surface area contributed by atoms with Gasteiger partial charge in [-0.05, 0) is 25.0 Å². The Labute approximate surface area is 112 Å². The topological polar surface area (TPSA) is 83.4 Å². The summed E-state index contributed by atoms with van der Waals surface area (Å²) in [6.45, 7) is 0.991. The van der Waals surface area contributed by atoms with E-state index in [1.54, 1.807) is 29.9 Å². The van der Waals surface area contributed by atoms with E-state index in [1.165, 1.54) is 4.31 Å². The fourth-order valence-corrected chi connectivity index (χ4v) is 3.13. The molecule has 2 rings (SSSR count). The van der Waals surface area contributed by atoms with Crippen LogP contribution in [0.25, 0.3) is 0 Å². The highest BCUT2D eigenvalue weighted by Crippen LogP contribution is 2.11. The van der Waals surface area contributed by atoms with Gasteiger partial charge in [-0.2, -0.15) is 12.7 Å². The van der Waals surface area contributed by atoms with Crippen molar-refractivity contribution in [1.29, 1.82) is 0 Å². The van der Waals surface area contributed by atoms with Gasteiger partial charge in [0.15, 0.2) is 0 Å². The number of nitrogens with zero attached hydrogens (tertiary/aromatic N) is 2. The summed E-state index contributed by atoms with van der Waals surface area (Å²) in [5, 5.41) is 0. The molecule has 0 radical (unpaired) electrons. The zero-order valence-electron chi connectivity index (χ0n) is 10.8. The van der Waals surface area contributed by atoms with Gasteiger partial charge < -0.3 is 4.57 Å². The average molecular weight is 286 g/mol. The molecule has 0 aromatic carbocycles. The minimum absolute atomic E-state index is 0.390. The molecule has 0 aliphatic carbocycles. The Morgan fingerprint density at radius 1 is 1.26 bits per heavy atom. The van der Waals surface area contributed by atoms with E-state index in [0.717, 1.165) is 19.3 Å². The number of hydrogen-bond donors (Lipinski definition) is 2. The van der Waals surface area contributed by atoms with Crippen molar-refractivity contribution >= 4 is 16.1 Å². The summed E-state index contributed by atoms with van der Waals surface area (Å²) >= 11 is 0. The molecule has 106 valence electrons. The van der Waals surface area contributed by atoms with E-state index >= 15 is 0 Å². The van der Waals surface area contributed by atoms with Crippen molar-refractivity contribution < 1.29 is 13.2 Å². The number of amides is 1. The van der Waals surface area contributed by atoms with Gasteiger partial charge in [-0.1, -0.05) is 6.42 Å². The van der Waals surface area contributed by atoms with E-state index < -0.39 is 16.1 Å². The zero-order chi connectivity index (χ0) is 13.9. The Morgan fingerprint density at radius 2 is 1.95 bits per heavy atom. The number of piperidine rings is 1. The van der Waals surface area contributed by atoms with Crippen LogP contribution in [0, 0.1) is 0 Å². The van der Waals surface area contributed by atoms with Crippen LogP contribution in [0.1, 0.15) is 29.8 Å². The van der Waals surface area contributed by atoms with Gasteiger partial charge in [0, 0.05) is 26.3 Å². The lowest BCUT2D eigenvalue weighted by Gasteiger charge is -2.25. The van der Waals surface area contributed by atoms with E-state index in [2.05, 4.69) is 10.3 Å². The number of rotatable bonds is 4. The molecular formula is C11H18N4O3S. The van der Waals surface area contributed by atoms with Gasteiger partial charge in [0.1, 0.15) is 5.69 Å². The minimum Gasteiger partial charge on any atom is -0.347 e. The van der Waals surface area contributed by atoms with Crippen LogP contribution in [0.4, 0.5) is 0 Å². The van der Waals surface area contributed by atoms with Crippen LogP contribution < -0.4 is 10.3 Å². The first kappa shape index (κ1) is 14.0. The molecule has 1 amide bonds. The smallest absolute Gasteiger partial charge is 0.296 e. The van der Waals surface area contributed by atoms with Crippen LogP contribution in [0.2, 0.25) is 0 Å². The maximum Gasteiger partial charge on any atom is 0.296 e. The van der Waals surface area contributed by atoms with Crippen LogP contribution in [-0.4, -0.2) is 36.3 Å². The molecule has 8 heteroatoms. The normalized spacial score (nSPS) is 17.3. The first-order valence-electron chi connectivity index (χ1n) is 6.19. The first-order valence-corrected chi connectivity index (χ1v) is 7.63. The molecule has 7 nitrogen and oxygen atoms in total. The molecule has 2 N–H and O–H groups in total. The third-order valence-electron chi connectivity index (χ3n) is 3.12. The number of aromatic nitrogens is 1. The van der Waals surface area contributed by atoms with Gasteiger partial charge in [0.25, 0.3) is 16.1 Å². The predicted molar refractivity (Wildman–Crippen MR) is 70.4 cm³/mol. The molecule has 1 aliphatic rings. The Balaban J connectivity index is 1.94. The standard InChI is InChI=1S/C11H18N4O3S/c1-14-7-5-6-10(14)11(16)12-13-19(17,18)15-8-3-2-4-9-15/h5-7,13H,2-4,8-9H2,1H3,(H,12,16). The van der Waals surface area contributed by atoms with Crippen molar-refractivity contribution in [3.63, 3.8) is 0 Å². The Morgan fingerprint density at radius 3 is 2.53 bits per heavy atom. The zero-order valence-corrected chi connectivity index (χ0v) is 11.6. The highest BCUT2D eigenvalue weighted by atomic mass is 32.2. The summed E-state index contributed by atoms with van der Waals surface area (Å²) < 4.78 is 26.8. The molecule has 1 aliphatic heterocycles. The molecule has 0 atom stereocenters. The summed E-state index contributed by atoms with van der Waals surface area (Å²) in [6, 6.07) is 3.33. The number of aryl methyl sites for hydroxylation is 1. The van der Waals surface area contributed by atoms with Crippen molar-refractivity contribution in [2.45, 2.75) is 19.3 Å². The van der Waals surface area contributed by atoms with Crippen LogP contribution in [0.5, 0.6) is 0 Å². The van der Waals surface area contributed by atoms with E-state index in [1.807, 2.05) is 0 Å². The van der Waals surface area contributed by atoms with Crippen molar-refractivity contribution in [2.24, 2.45) is 7.05 Å². The molecule has 1 aromatic heterocycles. The van der Waals surface area contributed by atoms with Gasteiger partial charge >= 0.3 is 0 Å². The van der Waals surface area contributed by atoms with Gasteiger partial charge in [-0.3, -0.25) is 10.2 Å². The molecular weight excluding hydrogens is 268 g/mol. The van der Waals surface area contributed by atoms with Crippen molar-refractivity contribution in [3.8, 4) is 0 Å². The maximum atomic E-state index is 11.9. The lowest BCUT2D eigenvalue weighted by Crippen LogP contribution is -2.50. The van der Waals surface area contributed by atoms with Crippen molar-refractivity contribution in [2.75, 3.05) is 13.1 Å².